The van der Waals surface area contributed by atoms with E-state index < -0.39 is 11.6 Å². The molecule has 0 unspecified atom stereocenters. The summed E-state index contributed by atoms with van der Waals surface area (Å²) in [6, 6.07) is 5.85. The number of aromatic nitrogens is 1. The van der Waals surface area contributed by atoms with E-state index in [-0.39, 0.29) is 18.2 Å². The highest BCUT2D eigenvalue weighted by atomic mass is 16.6. The SMILES string of the molecule is COC(=O)c1cccc2oc(N3C[C@@H]4C[C@H]3CN4C(=O)OC(C)(C)C)nc12. The number of hydrogen-bond acceptors (Lipinski definition) is 7. The Balaban J connectivity index is 1.54. The summed E-state index contributed by atoms with van der Waals surface area (Å²) in [6.07, 6.45) is 0.571. The van der Waals surface area contributed by atoms with Gasteiger partial charge in [0.25, 0.3) is 6.01 Å². The predicted octanol–water partition coefficient (Wildman–Crippen LogP) is 2.81. The van der Waals surface area contributed by atoms with Crippen molar-refractivity contribution in [3.8, 4) is 0 Å². The van der Waals surface area contributed by atoms with Gasteiger partial charge in [-0.25, -0.2) is 9.59 Å². The predicted molar refractivity (Wildman–Crippen MR) is 97.8 cm³/mol. The summed E-state index contributed by atoms with van der Waals surface area (Å²) in [6.45, 7) is 6.79. The highest BCUT2D eigenvalue weighted by molar-refractivity contribution is 6.01. The van der Waals surface area contributed by atoms with Crippen LogP contribution >= 0.6 is 0 Å². The molecule has 2 fully saturated rings. The van der Waals surface area contributed by atoms with E-state index in [1.807, 2.05) is 20.8 Å². The van der Waals surface area contributed by atoms with Crippen molar-refractivity contribution in [3.05, 3.63) is 23.8 Å². The first-order valence-electron chi connectivity index (χ1n) is 9.01. The lowest BCUT2D eigenvalue weighted by atomic mass is 10.2. The zero-order valence-corrected chi connectivity index (χ0v) is 15.9. The van der Waals surface area contributed by atoms with Crippen molar-refractivity contribution in [2.45, 2.75) is 44.9 Å². The molecule has 0 spiro atoms. The Bertz CT molecular complexity index is 900. The maximum absolute atomic E-state index is 12.4. The molecule has 2 aromatic rings. The Kier molecular flexibility index (Phi) is 4.01. The smallest absolute Gasteiger partial charge is 0.410 e. The van der Waals surface area contributed by atoms with Gasteiger partial charge in [-0.2, -0.15) is 4.98 Å². The van der Waals surface area contributed by atoms with E-state index in [9.17, 15) is 9.59 Å². The molecule has 4 rings (SSSR count). The molecular weight excluding hydrogens is 350 g/mol. The largest absolute Gasteiger partial charge is 0.465 e. The minimum absolute atomic E-state index is 0.0694. The molecule has 1 aromatic carbocycles. The first-order chi connectivity index (χ1) is 12.8. The van der Waals surface area contributed by atoms with Crippen LogP contribution in [0.3, 0.4) is 0 Å². The van der Waals surface area contributed by atoms with Gasteiger partial charge in [-0.15, -0.1) is 0 Å². The number of amides is 1. The van der Waals surface area contributed by atoms with Crippen LogP contribution in [0.2, 0.25) is 0 Å². The van der Waals surface area contributed by atoms with Crippen LogP contribution in [0.25, 0.3) is 11.1 Å². The maximum atomic E-state index is 12.4. The van der Waals surface area contributed by atoms with E-state index in [2.05, 4.69) is 9.88 Å². The lowest BCUT2D eigenvalue weighted by molar-refractivity contribution is 0.0213. The average Bonchev–Trinajstić information content (AvgIpc) is 3.31. The molecule has 2 saturated heterocycles. The van der Waals surface area contributed by atoms with Gasteiger partial charge in [-0.1, -0.05) is 6.07 Å². The molecule has 0 saturated carbocycles. The van der Waals surface area contributed by atoms with Crippen LogP contribution in [-0.4, -0.2) is 59.8 Å². The second kappa shape index (κ2) is 6.14. The zero-order valence-electron chi connectivity index (χ0n) is 15.9. The van der Waals surface area contributed by atoms with E-state index in [0.717, 1.165) is 6.42 Å². The number of carbonyl (C=O) groups is 2. The Morgan fingerprint density at radius 3 is 2.63 bits per heavy atom. The molecule has 8 nitrogen and oxygen atoms in total. The zero-order chi connectivity index (χ0) is 19.3. The molecule has 1 amide bonds. The third-order valence-electron chi connectivity index (χ3n) is 4.93. The minimum Gasteiger partial charge on any atom is -0.465 e. The number of esters is 1. The molecule has 1 aromatic heterocycles. The molecule has 2 atom stereocenters. The molecule has 2 aliphatic rings. The lowest BCUT2D eigenvalue weighted by Crippen LogP contribution is -2.50. The number of benzene rings is 1. The van der Waals surface area contributed by atoms with Crippen molar-refractivity contribution < 1.29 is 23.5 Å². The number of rotatable bonds is 2. The Morgan fingerprint density at radius 1 is 1.22 bits per heavy atom. The van der Waals surface area contributed by atoms with Gasteiger partial charge in [0.15, 0.2) is 5.58 Å². The molecule has 8 heteroatoms. The summed E-state index contributed by atoms with van der Waals surface area (Å²) in [5, 5.41) is 0. The summed E-state index contributed by atoms with van der Waals surface area (Å²) in [5.74, 6) is -0.445. The van der Waals surface area contributed by atoms with Crippen LogP contribution in [0, 0.1) is 0 Å². The van der Waals surface area contributed by atoms with E-state index in [1.165, 1.54) is 7.11 Å². The molecule has 0 N–H and O–H groups in total. The number of fused-ring (bicyclic) bond motifs is 3. The number of methoxy groups -OCH3 is 1. The number of likely N-dealkylation sites (tertiary alicyclic amines) is 1. The van der Waals surface area contributed by atoms with Crippen molar-refractivity contribution in [1.82, 2.24) is 9.88 Å². The quantitative estimate of drug-likeness (QED) is 0.748. The maximum Gasteiger partial charge on any atom is 0.410 e. The molecule has 2 aliphatic heterocycles. The second-order valence-electron chi connectivity index (χ2n) is 7.97. The third kappa shape index (κ3) is 3.09. The van der Waals surface area contributed by atoms with E-state index in [0.29, 0.717) is 35.8 Å². The number of para-hydroxylation sites is 1. The second-order valence-corrected chi connectivity index (χ2v) is 7.97. The van der Waals surface area contributed by atoms with Crippen LogP contribution in [0.4, 0.5) is 10.8 Å². The summed E-state index contributed by atoms with van der Waals surface area (Å²) in [5.41, 5.74) is 0.902. The fourth-order valence-corrected chi connectivity index (χ4v) is 3.78. The first kappa shape index (κ1) is 17.6. The van der Waals surface area contributed by atoms with Crippen LogP contribution in [-0.2, 0) is 9.47 Å². The Labute approximate surface area is 157 Å². The third-order valence-corrected chi connectivity index (χ3v) is 4.93. The molecular formula is C19H23N3O5. The number of anilines is 1. The van der Waals surface area contributed by atoms with E-state index >= 15 is 0 Å². The molecule has 2 bridgehead atoms. The number of oxazole rings is 1. The number of ether oxygens (including phenoxy) is 2. The molecule has 3 heterocycles. The number of nitrogens with zero attached hydrogens (tertiary/aromatic N) is 3. The van der Waals surface area contributed by atoms with Crippen LogP contribution in [0.15, 0.2) is 22.6 Å². The van der Waals surface area contributed by atoms with Gasteiger partial charge in [-0.3, -0.25) is 0 Å². The fraction of sp³-hybridized carbons (Fsp3) is 0.526. The van der Waals surface area contributed by atoms with Gasteiger partial charge in [0.2, 0.25) is 0 Å². The van der Waals surface area contributed by atoms with Crippen molar-refractivity contribution >= 4 is 29.2 Å². The van der Waals surface area contributed by atoms with Gasteiger partial charge in [-0.05, 0) is 39.3 Å². The summed E-state index contributed by atoms with van der Waals surface area (Å²) < 4.78 is 16.2. The molecule has 0 radical (unpaired) electrons. The van der Waals surface area contributed by atoms with Gasteiger partial charge in [0.1, 0.15) is 11.1 Å². The molecule has 0 aliphatic carbocycles. The highest BCUT2D eigenvalue weighted by Gasteiger charge is 2.48. The number of piperazine rings is 1. The van der Waals surface area contributed by atoms with E-state index in [1.54, 1.807) is 23.1 Å². The highest BCUT2D eigenvalue weighted by Crippen LogP contribution is 2.36. The van der Waals surface area contributed by atoms with Crippen LogP contribution < -0.4 is 4.90 Å². The molecule has 27 heavy (non-hydrogen) atoms. The van der Waals surface area contributed by atoms with Crippen molar-refractivity contribution in [2.75, 3.05) is 25.1 Å². The molecule has 144 valence electrons. The first-order valence-corrected chi connectivity index (χ1v) is 9.01. The standard InChI is InChI=1S/C19H23N3O5/c1-19(2,3)27-18(24)22-10-11-8-12(22)9-21(11)17-20-15-13(16(23)25-4)6-5-7-14(15)26-17/h5-7,11-12H,8-10H2,1-4H3/t11-,12-/m0/s1. The number of carbonyl (C=O) groups excluding carboxylic acids is 2. The van der Waals surface area contributed by atoms with Gasteiger partial charge < -0.3 is 23.7 Å². The average molecular weight is 373 g/mol. The Morgan fingerprint density at radius 2 is 2.00 bits per heavy atom. The topological polar surface area (TPSA) is 85.1 Å². The van der Waals surface area contributed by atoms with E-state index in [4.69, 9.17) is 13.9 Å². The minimum atomic E-state index is -0.511. The summed E-state index contributed by atoms with van der Waals surface area (Å²) in [7, 11) is 1.34. The van der Waals surface area contributed by atoms with Crippen molar-refractivity contribution in [3.63, 3.8) is 0 Å². The lowest BCUT2D eigenvalue weighted by Gasteiger charge is -2.34. The Hall–Kier alpha value is -2.77. The fourth-order valence-electron chi connectivity index (χ4n) is 3.78. The van der Waals surface area contributed by atoms with Crippen LogP contribution in [0.5, 0.6) is 0 Å². The van der Waals surface area contributed by atoms with Gasteiger partial charge >= 0.3 is 12.1 Å². The van der Waals surface area contributed by atoms with Crippen molar-refractivity contribution in [2.24, 2.45) is 0 Å². The van der Waals surface area contributed by atoms with Gasteiger partial charge in [0.05, 0.1) is 24.8 Å². The summed E-state index contributed by atoms with van der Waals surface area (Å²) in [4.78, 5) is 32.7. The summed E-state index contributed by atoms with van der Waals surface area (Å²) >= 11 is 0. The normalized spacial score (nSPS) is 21.8. The number of hydrogen-bond donors (Lipinski definition) is 0. The van der Waals surface area contributed by atoms with Gasteiger partial charge in [0, 0.05) is 13.1 Å². The monoisotopic (exact) mass is 373 g/mol. The van der Waals surface area contributed by atoms with Crippen molar-refractivity contribution in [1.29, 1.82) is 0 Å². The van der Waals surface area contributed by atoms with Crippen LogP contribution in [0.1, 0.15) is 37.6 Å².